The number of carbonyl (C=O) groups excluding carboxylic acids is 1. The van der Waals surface area contributed by atoms with E-state index in [4.69, 9.17) is 11.6 Å². The Hall–Kier alpha value is -1.34. The van der Waals surface area contributed by atoms with Crippen molar-refractivity contribution in [3.8, 4) is 0 Å². The molecule has 0 fully saturated rings. The van der Waals surface area contributed by atoms with Crippen molar-refractivity contribution in [2.24, 2.45) is 0 Å². The van der Waals surface area contributed by atoms with Crippen LogP contribution < -0.4 is 0 Å². The molecule has 2 heteroatoms. The molecule has 1 nitrogen and oxygen atoms in total. The maximum Gasteiger partial charge on any atom is 0.181 e. The molecule has 17 heavy (non-hydrogen) atoms. The molecule has 2 aromatic carbocycles. The summed E-state index contributed by atoms with van der Waals surface area (Å²) in [7, 11) is 0. The molecule has 2 aromatic rings. The maximum absolute atomic E-state index is 12.1. The van der Waals surface area contributed by atoms with Gasteiger partial charge in [-0.15, -0.1) is 11.6 Å². The highest BCUT2D eigenvalue weighted by atomic mass is 35.5. The largest absolute Gasteiger partial charge is 0.292 e. The van der Waals surface area contributed by atoms with Crippen LogP contribution in [0.5, 0.6) is 0 Å². The normalized spacial score (nSPS) is 12.7. The summed E-state index contributed by atoms with van der Waals surface area (Å²) < 4.78 is 0. The van der Waals surface area contributed by atoms with E-state index in [0.29, 0.717) is 0 Å². The van der Waals surface area contributed by atoms with Gasteiger partial charge in [-0.25, -0.2) is 0 Å². The molecule has 0 saturated carbocycles. The Morgan fingerprint density at radius 1 is 1.12 bits per heavy atom. The van der Waals surface area contributed by atoms with E-state index in [2.05, 4.69) is 12.1 Å². The SMILES string of the molecule is Cc1cc(C(=O)C(C)Cl)c2cc(C)ccc2c1. The van der Waals surface area contributed by atoms with Crippen molar-refractivity contribution in [3.05, 3.63) is 47.0 Å². The average Bonchev–Trinajstić information content (AvgIpc) is 2.27. The first-order valence-electron chi connectivity index (χ1n) is 5.68. The molecule has 0 radical (unpaired) electrons. The second-order valence-corrected chi connectivity index (χ2v) is 5.17. The average molecular weight is 247 g/mol. The zero-order chi connectivity index (χ0) is 12.6. The van der Waals surface area contributed by atoms with Crippen molar-refractivity contribution in [2.75, 3.05) is 0 Å². The molecular weight excluding hydrogens is 232 g/mol. The van der Waals surface area contributed by atoms with Crippen LogP contribution in [0.25, 0.3) is 10.8 Å². The fraction of sp³-hybridized carbons (Fsp3) is 0.267. The van der Waals surface area contributed by atoms with E-state index in [1.165, 1.54) is 0 Å². The molecule has 0 aromatic heterocycles. The number of benzene rings is 2. The minimum Gasteiger partial charge on any atom is -0.292 e. The summed E-state index contributed by atoms with van der Waals surface area (Å²) in [4.78, 5) is 12.1. The number of halogens is 1. The maximum atomic E-state index is 12.1. The Kier molecular flexibility index (Phi) is 3.21. The van der Waals surface area contributed by atoms with Crippen LogP contribution in [0.2, 0.25) is 0 Å². The number of hydrogen-bond donors (Lipinski definition) is 0. The molecule has 1 unspecified atom stereocenters. The molecule has 0 spiro atoms. The van der Waals surface area contributed by atoms with Crippen LogP contribution in [-0.4, -0.2) is 11.2 Å². The van der Waals surface area contributed by atoms with Gasteiger partial charge in [0.15, 0.2) is 5.78 Å². The fourth-order valence-electron chi connectivity index (χ4n) is 2.04. The third kappa shape index (κ3) is 2.34. The highest BCUT2D eigenvalue weighted by molar-refractivity contribution is 6.35. The lowest BCUT2D eigenvalue weighted by Crippen LogP contribution is -2.11. The number of fused-ring (bicyclic) bond motifs is 1. The minimum absolute atomic E-state index is 0.00836. The number of alkyl halides is 1. The summed E-state index contributed by atoms with van der Waals surface area (Å²) >= 11 is 5.91. The van der Waals surface area contributed by atoms with E-state index in [0.717, 1.165) is 27.5 Å². The summed E-state index contributed by atoms with van der Waals surface area (Å²) in [6.45, 7) is 5.74. The molecule has 0 aliphatic carbocycles. The van der Waals surface area contributed by atoms with Gasteiger partial charge in [0.1, 0.15) is 0 Å². The second-order valence-electron chi connectivity index (χ2n) is 4.52. The van der Waals surface area contributed by atoms with Gasteiger partial charge in [-0.1, -0.05) is 29.8 Å². The Balaban J connectivity index is 2.76. The lowest BCUT2D eigenvalue weighted by atomic mass is 9.96. The lowest BCUT2D eigenvalue weighted by molar-refractivity contribution is 0.0993. The fourth-order valence-corrected chi connectivity index (χ4v) is 2.16. The van der Waals surface area contributed by atoms with Gasteiger partial charge < -0.3 is 0 Å². The van der Waals surface area contributed by atoms with Crippen LogP contribution in [0.1, 0.15) is 28.4 Å². The first kappa shape index (κ1) is 12.1. The number of hydrogen-bond acceptors (Lipinski definition) is 1. The van der Waals surface area contributed by atoms with Crippen molar-refractivity contribution in [3.63, 3.8) is 0 Å². The number of aryl methyl sites for hydroxylation is 2. The van der Waals surface area contributed by atoms with Crippen LogP contribution in [0, 0.1) is 13.8 Å². The van der Waals surface area contributed by atoms with Crippen LogP contribution in [0.3, 0.4) is 0 Å². The first-order valence-corrected chi connectivity index (χ1v) is 6.12. The first-order chi connectivity index (χ1) is 7.99. The Morgan fingerprint density at radius 2 is 1.82 bits per heavy atom. The van der Waals surface area contributed by atoms with Gasteiger partial charge in [-0.2, -0.15) is 0 Å². The second kappa shape index (κ2) is 4.50. The van der Waals surface area contributed by atoms with Crippen molar-refractivity contribution in [1.29, 1.82) is 0 Å². The molecule has 0 amide bonds. The molecule has 0 aliphatic rings. The molecule has 0 heterocycles. The predicted octanol–water partition coefficient (Wildman–Crippen LogP) is 4.27. The summed E-state index contributed by atoms with van der Waals surface area (Å²) in [5.41, 5.74) is 2.96. The zero-order valence-corrected chi connectivity index (χ0v) is 11.0. The summed E-state index contributed by atoms with van der Waals surface area (Å²) in [6.07, 6.45) is 0. The summed E-state index contributed by atoms with van der Waals surface area (Å²) in [5, 5.41) is 1.60. The van der Waals surface area contributed by atoms with Gasteiger partial charge in [0.05, 0.1) is 5.38 Å². The van der Waals surface area contributed by atoms with Crippen molar-refractivity contribution < 1.29 is 4.79 Å². The molecule has 0 N–H and O–H groups in total. The standard InChI is InChI=1S/C15H15ClO/c1-9-4-5-12-6-10(2)8-14(13(12)7-9)15(17)11(3)16/h4-8,11H,1-3H3. The van der Waals surface area contributed by atoms with Crippen molar-refractivity contribution >= 4 is 28.2 Å². The van der Waals surface area contributed by atoms with Gasteiger partial charge in [0.25, 0.3) is 0 Å². The highest BCUT2D eigenvalue weighted by Crippen LogP contribution is 2.24. The Morgan fingerprint density at radius 3 is 2.47 bits per heavy atom. The van der Waals surface area contributed by atoms with Crippen LogP contribution in [0.15, 0.2) is 30.3 Å². The zero-order valence-electron chi connectivity index (χ0n) is 10.3. The molecule has 0 bridgehead atoms. The molecular formula is C15H15ClO. The predicted molar refractivity (Wildman–Crippen MR) is 73.1 cm³/mol. The van der Waals surface area contributed by atoms with E-state index in [1.807, 2.05) is 32.0 Å². The Bertz CT molecular complexity index is 585. The van der Waals surface area contributed by atoms with E-state index in [9.17, 15) is 4.79 Å². The van der Waals surface area contributed by atoms with Crippen molar-refractivity contribution in [2.45, 2.75) is 26.1 Å². The summed E-state index contributed by atoms with van der Waals surface area (Å²) in [5.74, 6) is -0.00836. The smallest absolute Gasteiger partial charge is 0.181 e. The minimum atomic E-state index is -0.486. The number of rotatable bonds is 2. The van der Waals surface area contributed by atoms with Gasteiger partial charge in [-0.05, 0) is 43.2 Å². The van der Waals surface area contributed by atoms with Crippen LogP contribution in [0.4, 0.5) is 0 Å². The quantitative estimate of drug-likeness (QED) is 0.571. The monoisotopic (exact) mass is 246 g/mol. The van der Waals surface area contributed by atoms with Gasteiger partial charge in [0, 0.05) is 5.56 Å². The molecule has 2 rings (SSSR count). The van der Waals surface area contributed by atoms with Crippen molar-refractivity contribution in [1.82, 2.24) is 0 Å². The molecule has 88 valence electrons. The third-order valence-corrected chi connectivity index (χ3v) is 3.08. The van der Waals surface area contributed by atoms with Gasteiger partial charge >= 0.3 is 0 Å². The van der Waals surface area contributed by atoms with E-state index in [1.54, 1.807) is 6.92 Å². The lowest BCUT2D eigenvalue weighted by Gasteiger charge is -2.09. The Labute approximate surface area is 106 Å². The molecule has 1 atom stereocenters. The van der Waals surface area contributed by atoms with E-state index >= 15 is 0 Å². The summed E-state index contributed by atoms with van der Waals surface area (Å²) in [6, 6.07) is 10.2. The van der Waals surface area contributed by atoms with E-state index in [-0.39, 0.29) is 5.78 Å². The van der Waals surface area contributed by atoms with Gasteiger partial charge in [0.2, 0.25) is 0 Å². The molecule has 0 saturated heterocycles. The van der Waals surface area contributed by atoms with E-state index < -0.39 is 5.38 Å². The van der Waals surface area contributed by atoms with Crippen LogP contribution >= 0.6 is 11.6 Å². The topological polar surface area (TPSA) is 17.1 Å². The van der Waals surface area contributed by atoms with Gasteiger partial charge in [-0.3, -0.25) is 4.79 Å². The number of Topliss-reactive ketones (excluding diaryl/α,β-unsaturated/α-hetero) is 1. The van der Waals surface area contributed by atoms with Crippen LogP contribution in [-0.2, 0) is 0 Å². The number of carbonyl (C=O) groups is 1. The number of ketones is 1. The molecule has 0 aliphatic heterocycles. The highest BCUT2D eigenvalue weighted by Gasteiger charge is 2.15. The third-order valence-electron chi connectivity index (χ3n) is 2.88.